The van der Waals surface area contributed by atoms with Crippen molar-refractivity contribution in [3.05, 3.63) is 175 Å². The van der Waals surface area contributed by atoms with Crippen molar-refractivity contribution in [2.45, 2.75) is 12.8 Å². The average molecular weight is 653 g/mol. The van der Waals surface area contributed by atoms with E-state index in [1.807, 2.05) is 0 Å². The molecule has 0 N–H and O–H groups in total. The van der Waals surface area contributed by atoms with Crippen molar-refractivity contribution in [1.29, 1.82) is 0 Å². The Labute approximate surface area is 294 Å². The highest BCUT2D eigenvalue weighted by molar-refractivity contribution is 6.19. The highest BCUT2D eigenvalue weighted by atomic mass is 16.3. The molecule has 0 atom stereocenters. The molecule has 0 saturated heterocycles. The first kappa shape index (κ1) is 28.3. The van der Waals surface area contributed by atoms with Gasteiger partial charge in [0.25, 0.3) is 0 Å². The third-order valence-corrected chi connectivity index (χ3v) is 10.8. The van der Waals surface area contributed by atoms with Crippen LogP contribution in [-0.2, 0) is 6.42 Å². The fourth-order valence-corrected chi connectivity index (χ4v) is 8.39. The number of aromatic nitrogens is 2. The molecule has 1 aliphatic rings. The lowest BCUT2D eigenvalue weighted by molar-refractivity contribution is 0.545. The van der Waals surface area contributed by atoms with E-state index in [4.69, 9.17) is 4.42 Å². The summed E-state index contributed by atoms with van der Waals surface area (Å²) in [5.41, 5.74) is 14.0. The number of hydrogen-bond donors (Lipinski definition) is 0. The van der Waals surface area contributed by atoms with Gasteiger partial charge in [-0.1, -0.05) is 127 Å². The summed E-state index contributed by atoms with van der Waals surface area (Å²) in [5, 5.41) is 6.15. The van der Waals surface area contributed by atoms with E-state index in [1.165, 1.54) is 76.8 Å². The zero-order chi connectivity index (χ0) is 33.5. The maximum atomic E-state index is 6.67. The quantitative estimate of drug-likeness (QED) is 0.186. The molecular weight excluding hydrogens is 621 g/mol. The summed E-state index contributed by atoms with van der Waals surface area (Å²) in [5.74, 6) is 1.08. The molecule has 0 amide bonds. The molecular formula is C48H32N2O. The van der Waals surface area contributed by atoms with Crippen LogP contribution < -0.4 is 0 Å². The SMILES string of the molecule is C1=Cc2c(oc3c(-n4c5ccccc5c5cc6c7ccccc7n(-c7ccc(-c8ccc(-c9ccccc9)cc8)cc7)c6cc54)cccc23)CC1. The summed E-state index contributed by atoms with van der Waals surface area (Å²) >= 11 is 0. The highest BCUT2D eigenvalue weighted by Gasteiger charge is 2.22. The van der Waals surface area contributed by atoms with Gasteiger partial charge in [-0.15, -0.1) is 0 Å². The number of rotatable bonds is 4. The zero-order valence-corrected chi connectivity index (χ0v) is 27.9. The minimum Gasteiger partial charge on any atom is -0.458 e. The molecule has 11 rings (SSSR count). The van der Waals surface area contributed by atoms with Gasteiger partial charge in [-0.2, -0.15) is 0 Å². The predicted molar refractivity (Wildman–Crippen MR) is 213 cm³/mol. The first-order valence-corrected chi connectivity index (χ1v) is 17.7. The molecule has 10 aromatic rings. The van der Waals surface area contributed by atoms with Crippen LogP contribution in [0.2, 0.25) is 0 Å². The van der Waals surface area contributed by atoms with E-state index in [1.54, 1.807) is 0 Å². The Morgan fingerprint density at radius 2 is 1.00 bits per heavy atom. The van der Waals surface area contributed by atoms with Crippen LogP contribution in [0.4, 0.5) is 0 Å². The van der Waals surface area contributed by atoms with E-state index in [0.717, 1.165) is 35.6 Å². The number of para-hydroxylation sites is 3. The van der Waals surface area contributed by atoms with Crippen LogP contribution in [-0.4, -0.2) is 9.13 Å². The third-order valence-electron chi connectivity index (χ3n) is 10.8. The second kappa shape index (κ2) is 11.0. The molecule has 0 spiro atoms. The highest BCUT2D eigenvalue weighted by Crippen LogP contribution is 2.42. The van der Waals surface area contributed by atoms with Crippen LogP contribution in [0.5, 0.6) is 0 Å². The largest absolute Gasteiger partial charge is 0.458 e. The molecule has 1 aliphatic carbocycles. The number of furan rings is 1. The van der Waals surface area contributed by atoms with Gasteiger partial charge in [0.1, 0.15) is 5.76 Å². The van der Waals surface area contributed by atoms with Gasteiger partial charge in [0, 0.05) is 44.6 Å². The van der Waals surface area contributed by atoms with Crippen molar-refractivity contribution in [1.82, 2.24) is 9.13 Å². The lowest BCUT2D eigenvalue weighted by Crippen LogP contribution is -1.96. The van der Waals surface area contributed by atoms with Crippen molar-refractivity contribution in [2.24, 2.45) is 0 Å². The minimum absolute atomic E-state index is 0.936. The van der Waals surface area contributed by atoms with Crippen molar-refractivity contribution < 1.29 is 4.42 Å². The summed E-state index contributed by atoms with van der Waals surface area (Å²) < 4.78 is 11.5. The number of aryl methyl sites for hydroxylation is 1. The van der Waals surface area contributed by atoms with E-state index in [2.05, 4.69) is 179 Å². The van der Waals surface area contributed by atoms with Gasteiger partial charge in [0.2, 0.25) is 0 Å². The number of benzene rings is 7. The van der Waals surface area contributed by atoms with Gasteiger partial charge in [0.05, 0.1) is 27.8 Å². The monoisotopic (exact) mass is 652 g/mol. The van der Waals surface area contributed by atoms with Crippen LogP contribution >= 0.6 is 0 Å². The van der Waals surface area contributed by atoms with Crippen LogP contribution in [0.1, 0.15) is 17.7 Å². The Morgan fingerprint density at radius 1 is 0.431 bits per heavy atom. The lowest BCUT2D eigenvalue weighted by atomic mass is 10.0. The number of nitrogens with zero attached hydrogens (tertiary/aromatic N) is 2. The van der Waals surface area contributed by atoms with Gasteiger partial charge in [-0.25, -0.2) is 0 Å². The topological polar surface area (TPSA) is 23.0 Å². The van der Waals surface area contributed by atoms with E-state index >= 15 is 0 Å². The molecule has 3 nitrogen and oxygen atoms in total. The molecule has 0 fully saturated rings. The van der Waals surface area contributed by atoms with E-state index in [-0.39, 0.29) is 0 Å². The Bertz CT molecular complexity index is 2990. The Morgan fingerprint density at radius 3 is 1.71 bits per heavy atom. The van der Waals surface area contributed by atoms with Gasteiger partial charge >= 0.3 is 0 Å². The Kier molecular flexibility index (Phi) is 6.08. The predicted octanol–water partition coefficient (Wildman–Crippen LogP) is 12.9. The summed E-state index contributed by atoms with van der Waals surface area (Å²) in [6.07, 6.45) is 6.44. The van der Waals surface area contributed by atoms with Crippen LogP contribution in [0, 0.1) is 0 Å². The maximum absolute atomic E-state index is 6.67. The normalized spacial score (nSPS) is 12.9. The summed E-state index contributed by atoms with van der Waals surface area (Å²) in [7, 11) is 0. The first-order chi connectivity index (χ1) is 25.3. The fourth-order valence-electron chi connectivity index (χ4n) is 8.39. The van der Waals surface area contributed by atoms with Gasteiger partial charge in [-0.3, -0.25) is 0 Å². The third kappa shape index (κ3) is 4.25. The van der Waals surface area contributed by atoms with Crippen LogP contribution in [0.15, 0.2) is 168 Å². The smallest absolute Gasteiger partial charge is 0.158 e. The number of allylic oxidation sites excluding steroid dienone is 1. The summed E-state index contributed by atoms with van der Waals surface area (Å²) in [4.78, 5) is 0. The Hall–Kier alpha value is -6.58. The van der Waals surface area contributed by atoms with Crippen molar-refractivity contribution >= 4 is 60.7 Å². The maximum Gasteiger partial charge on any atom is 0.158 e. The molecule has 3 aromatic heterocycles. The van der Waals surface area contributed by atoms with E-state index in [9.17, 15) is 0 Å². The second-order valence-corrected chi connectivity index (χ2v) is 13.6. The van der Waals surface area contributed by atoms with Crippen molar-refractivity contribution in [3.8, 4) is 33.6 Å². The van der Waals surface area contributed by atoms with Crippen molar-refractivity contribution in [3.63, 3.8) is 0 Å². The fraction of sp³-hybridized carbons (Fsp3) is 0.0417. The zero-order valence-electron chi connectivity index (χ0n) is 27.9. The van der Waals surface area contributed by atoms with Gasteiger partial charge in [0.15, 0.2) is 5.58 Å². The molecule has 0 bridgehead atoms. The summed E-state index contributed by atoms with van der Waals surface area (Å²) in [6, 6.07) is 57.4. The van der Waals surface area contributed by atoms with Crippen LogP contribution in [0.3, 0.4) is 0 Å². The van der Waals surface area contributed by atoms with Crippen LogP contribution in [0.25, 0.3) is 94.3 Å². The van der Waals surface area contributed by atoms with Gasteiger partial charge in [-0.05, 0) is 71.1 Å². The molecule has 0 unspecified atom stereocenters. The molecule has 0 saturated carbocycles. The summed E-state index contributed by atoms with van der Waals surface area (Å²) in [6.45, 7) is 0. The Balaban J connectivity index is 1.11. The first-order valence-electron chi connectivity index (χ1n) is 17.7. The molecule has 0 aliphatic heterocycles. The average Bonchev–Trinajstić information content (AvgIpc) is 3.85. The molecule has 3 heteroatoms. The molecule has 7 aromatic carbocycles. The standard InChI is InChI=1S/C48H32N2O/c1-2-11-31(12-3-1)32-21-23-33(24-22-32)34-25-27-35(28-26-34)49-42-17-7-4-13-36(42)40-29-41-37-14-5-8-18-43(37)50(46(41)30-45(40)49)44-19-10-16-39-38-15-6-9-20-47(38)51-48(39)44/h1-8,10-19,21-30H,9,20H2. The molecule has 240 valence electrons. The second-order valence-electron chi connectivity index (χ2n) is 13.6. The van der Waals surface area contributed by atoms with E-state index < -0.39 is 0 Å². The molecule has 51 heavy (non-hydrogen) atoms. The van der Waals surface area contributed by atoms with Gasteiger partial charge < -0.3 is 13.6 Å². The lowest BCUT2D eigenvalue weighted by Gasteiger charge is -2.11. The number of fused-ring (bicyclic) bond motifs is 9. The minimum atomic E-state index is 0.936. The van der Waals surface area contributed by atoms with E-state index in [0.29, 0.717) is 0 Å². The van der Waals surface area contributed by atoms with Crippen molar-refractivity contribution in [2.75, 3.05) is 0 Å². The molecule has 0 radical (unpaired) electrons. The number of hydrogen-bond acceptors (Lipinski definition) is 1. The molecule has 3 heterocycles.